The summed E-state index contributed by atoms with van der Waals surface area (Å²) in [4.78, 5) is 23.2. The Morgan fingerprint density at radius 3 is 2.10 bits per heavy atom. The average Bonchev–Trinajstić information content (AvgIpc) is 3.26. The topological polar surface area (TPSA) is 51.0 Å². The van der Waals surface area contributed by atoms with Crippen molar-refractivity contribution in [2.24, 2.45) is 0 Å². The minimum absolute atomic E-state index is 0.0617. The number of pyridine rings is 1. The monoisotopic (exact) mass is 546 g/mol. The van der Waals surface area contributed by atoms with Crippen LogP contribution >= 0.6 is 0 Å². The van der Waals surface area contributed by atoms with E-state index in [2.05, 4.69) is 9.97 Å². The fourth-order valence-corrected chi connectivity index (χ4v) is 4.26. The second-order valence-corrected chi connectivity index (χ2v) is 9.21. The Hall–Kier alpha value is -4.15. The third-order valence-electron chi connectivity index (χ3n) is 6.30. The van der Waals surface area contributed by atoms with E-state index >= 15 is 0 Å². The van der Waals surface area contributed by atoms with Crippen molar-refractivity contribution in [3.8, 4) is 11.1 Å². The lowest BCUT2D eigenvalue weighted by Crippen LogP contribution is -2.27. The van der Waals surface area contributed by atoms with Crippen LogP contribution in [-0.4, -0.2) is 32.4 Å². The maximum atomic E-state index is 13.5. The van der Waals surface area contributed by atoms with E-state index in [1.165, 1.54) is 13.2 Å². The zero-order chi connectivity index (χ0) is 28.5. The molecule has 2 aromatic heterocycles. The summed E-state index contributed by atoms with van der Waals surface area (Å²) in [5.74, 6) is 0.172. The van der Waals surface area contributed by atoms with Gasteiger partial charge in [0, 0.05) is 32.2 Å². The van der Waals surface area contributed by atoms with Crippen LogP contribution in [0.1, 0.15) is 44.1 Å². The van der Waals surface area contributed by atoms with E-state index in [-0.39, 0.29) is 17.2 Å². The number of rotatable bonds is 6. The smallest absolute Gasteiger partial charge is 0.337 e. The third-order valence-corrected chi connectivity index (χ3v) is 6.30. The number of nitrogens with zero attached hydrogens (tertiary/aromatic N) is 4. The van der Waals surface area contributed by atoms with Gasteiger partial charge in [0.1, 0.15) is 5.82 Å². The molecule has 0 aliphatic carbocycles. The van der Waals surface area contributed by atoms with E-state index in [0.29, 0.717) is 29.9 Å². The highest BCUT2D eigenvalue weighted by Crippen LogP contribution is 2.37. The molecular formula is C28H24F6N4O. The van der Waals surface area contributed by atoms with Crippen molar-refractivity contribution in [2.75, 3.05) is 7.05 Å². The Kier molecular flexibility index (Phi) is 7.54. The van der Waals surface area contributed by atoms with E-state index in [1.807, 2.05) is 42.7 Å². The van der Waals surface area contributed by atoms with E-state index in [9.17, 15) is 31.1 Å². The highest BCUT2D eigenvalue weighted by Gasteiger charge is 2.37. The van der Waals surface area contributed by atoms with Crippen LogP contribution in [0, 0.1) is 13.8 Å². The van der Waals surface area contributed by atoms with Gasteiger partial charge in [0.25, 0.3) is 5.91 Å². The fraction of sp³-hybridized carbons (Fsp3) is 0.250. The first-order chi connectivity index (χ1) is 18.2. The van der Waals surface area contributed by atoms with Gasteiger partial charge in [-0.3, -0.25) is 9.78 Å². The van der Waals surface area contributed by atoms with Crippen molar-refractivity contribution in [2.45, 2.75) is 39.3 Å². The van der Waals surface area contributed by atoms with Crippen LogP contribution in [0.15, 0.2) is 67.1 Å². The highest BCUT2D eigenvalue weighted by atomic mass is 19.4. The van der Waals surface area contributed by atoms with Gasteiger partial charge in [-0.25, -0.2) is 4.98 Å². The normalized spacial score (nSPS) is 12.0. The van der Waals surface area contributed by atoms with Gasteiger partial charge in [-0.05, 0) is 60.4 Å². The fourth-order valence-electron chi connectivity index (χ4n) is 4.26. The van der Waals surface area contributed by atoms with Crippen LogP contribution in [-0.2, 0) is 25.4 Å². The minimum Gasteiger partial charge on any atom is -0.337 e. The summed E-state index contributed by atoms with van der Waals surface area (Å²) in [7, 11) is 1.32. The number of imidazole rings is 1. The number of halogens is 6. The molecule has 4 rings (SSSR count). The molecule has 2 aromatic carbocycles. The summed E-state index contributed by atoms with van der Waals surface area (Å²) in [6.45, 7) is 3.62. The van der Waals surface area contributed by atoms with Crippen LogP contribution in [0.5, 0.6) is 0 Å². The number of amides is 1. The number of carbonyl (C=O) groups excluding carboxylic acids is 1. The van der Waals surface area contributed by atoms with Crippen molar-refractivity contribution in [3.63, 3.8) is 0 Å². The van der Waals surface area contributed by atoms with E-state index in [0.717, 1.165) is 21.9 Å². The Bertz CT molecular complexity index is 1470. The lowest BCUT2D eigenvalue weighted by molar-refractivity contribution is -0.143. The summed E-state index contributed by atoms with van der Waals surface area (Å²) in [6, 6.07) is 10.4. The molecule has 5 nitrogen and oxygen atoms in total. The van der Waals surface area contributed by atoms with Gasteiger partial charge in [-0.1, -0.05) is 24.3 Å². The van der Waals surface area contributed by atoms with Gasteiger partial charge >= 0.3 is 12.4 Å². The van der Waals surface area contributed by atoms with Gasteiger partial charge < -0.3 is 9.47 Å². The summed E-state index contributed by atoms with van der Waals surface area (Å²) in [5.41, 5.74) is -0.193. The molecule has 2 heterocycles. The lowest BCUT2D eigenvalue weighted by Gasteiger charge is -2.22. The predicted octanol–water partition coefficient (Wildman–Crippen LogP) is 6.92. The standard InChI is InChI=1S/C28H24F6N4O/c1-17-6-4-5-7-23(17)24-13-22(16-38-9-8-35-18(38)2)36-14-25(24)26(39)37(3)15-19-10-20(27(29,30)31)12-21(11-19)28(32,33)34/h4-14H,15-16H2,1-3H3. The van der Waals surface area contributed by atoms with Crippen molar-refractivity contribution in [1.29, 1.82) is 0 Å². The van der Waals surface area contributed by atoms with Crippen molar-refractivity contribution in [3.05, 3.63) is 106 Å². The van der Waals surface area contributed by atoms with Crippen LogP contribution < -0.4 is 0 Å². The van der Waals surface area contributed by atoms with Gasteiger partial charge in [-0.15, -0.1) is 0 Å². The molecule has 0 aliphatic heterocycles. The summed E-state index contributed by atoms with van der Waals surface area (Å²) in [5, 5.41) is 0. The summed E-state index contributed by atoms with van der Waals surface area (Å²) >= 11 is 0. The first-order valence-corrected chi connectivity index (χ1v) is 11.8. The summed E-state index contributed by atoms with van der Waals surface area (Å²) in [6.07, 6.45) is -5.13. The molecule has 11 heteroatoms. The van der Waals surface area contributed by atoms with Crippen molar-refractivity contribution >= 4 is 5.91 Å². The zero-order valence-corrected chi connectivity index (χ0v) is 21.2. The maximum Gasteiger partial charge on any atom is 0.416 e. The van der Waals surface area contributed by atoms with Gasteiger partial charge in [0.2, 0.25) is 0 Å². The van der Waals surface area contributed by atoms with E-state index in [1.54, 1.807) is 18.5 Å². The predicted molar refractivity (Wildman–Crippen MR) is 133 cm³/mol. The van der Waals surface area contributed by atoms with E-state index < -0.39 is 35.9 Å². The number of hydrogen-bond acceptors (Lipinski definition) is 3. The molecule has 0 radical (unpaired) electrons. The van der Waals surface area contributed by atoms with Gasteiger partial charge in [-0.2, -0.15) is 26.3 Å². The average molecular weight is 547 g/mol. The molecule has 0 fully saturated rings. The Morgan fingerprint density at radius 1 is 0.897 bits per heavy atom. The number of benzene rings is 2. The maximum absolute atomic E-state index is 13.5. The molecule has 0 unspecified atom stereocenters. The first-order valence-electron chi connectivity index (χ1n) is 11.8. The molecule has 0 saturated carbocycles. The molecule has 204 valence electrons. The largest absolute Gasteiger partial charge is 0.416 e. The molecule has 39 heavy (non-hydrogen) atoms. The summed E-state index contributed by atoms with van der Waals surface area (Å²) < 4.78 is 81.7. The van der Waals surface area contributed by atoms with E-state index in [4.69, 9.17) is 0 Å². The number of hydrogen-bond donors (Lipinski definition) is 0. The highest BCUT2D eigenvalue weighted by molar-refractivity contribution is 6.00. The third kappa shape index (κ3) is 6.30. The minimum atomic E-state index is -4.98. The Balaban J connectivity index is 1.72. The zero-order valence-electron chi connectivity index (χ0n) is 21.2. The van der Waals surface area contributed by atoms with Gasteiger partial charge in [0.15, 0.2) is 0 Å². The molecular weight excluding hydrogens is 522 g/mol. The van der Waals surface area contributed by atoms with Crippen molar-refractivity contribution in [1.82, 2.24) is 19.4 Å². The number of aromatic nitrogens is 3. The lowest BCUT2D eigenvalue weighted by atomic mass is 9.96. The molecule has 0 atom stereocenters. The Morgan fingerprint density at radius 2 is 1.54 bits per heavy atom. The molecule has 1 amide bonds. The van der Waals surface area contributed by atoms with Crippen LogP contribution in [0.4, 0.5) is 26.3 Å². The molecule has 0 aliphatic rings. The SMILES string of the molecule is Cc1ccccc1-c1cc(Cn2ccnc2C)ncc1C(=O)N(C)Cc1cc(C(F)(F)F)cc(C(F)(F)F)c1. The second-order valence-electron chi connectivity index (χ2n) is 9.21. The first kappa shape index (κ1) is 27.9. The quantitative estimate of drug-likeness (QED) is 0.247. The molecule has 0 saturated heterocycles. The number of aryl methyl sites for hydroxylation is 2. The number of alkyl halides is 6. The van der Waals surface area contributed by atoms with Crippen LogP contribution in [0.25, 0.3) is 11.1 Å². The van der Waals surface area contributed by atoms with Crippen LogP contribution in [0.3, 0.4) is 0 Å². The van der Waals surface area contributed by atoms with Crippen molar-refractivity contribution < 1.29 is 31.1 Å². The van der Waals surface area contributed by atoms with Gasteiger partial charge in [0.05, 0.1) is 28.9 Å². The molecule has 4 aromatic rings. The van der Waals surface area contributed by atoms with Crippen LogP contribution in [0.2, 0.25) is 0 Å². The Labute approximate surface area is 220 Å². The molecule has 0 bridgehead atoms. The molecule has 0 spiro atoms. The second kappa shape index (κ2) is 10.5. The number of carbonyl (C=O) groups is 1. The molecule has 0 N–H and O–H groups in total.